The van der Waals surface area contributed by atoms with Gasteiger partial charge in [-0.1, -0.05) is 37.3 Å². The van der Waals surface area contributed by atoms with E-state index in [1.165, 1.54) is 5.56 Å². The number of nitrogens with one attached hydrogen (secondary N) is 1. The van der Waals surface area contributed by atoms with Crippen molar-refractivity contribution in [2.24, 2.45) is 0 Å². The molecule has 1 aromatic heterocycles. The molecule has 102 valence electrons. The second-order valence-corrected chi connectivity index (χ2v) is 4.51. The van der Waals surface area contributed by atoms with Gasteiger partial charge in [-0.3, -0.25) is 4.68 Å². The first-order valence-electron chi connectivity index (χ1n) is 6.78. The molecule has 0 unspecified atom stereocenters. The Labute approximate surface area is 114 Å². The lowest BCUT2D eigenvalue weighted by Crippen LogP contribution is -2.14. The van der Waals surface area contributed by atoms with Crippen molar-refractivity contribution in [3.63, 3.8) is 0 Å². The summed E-state index contributed by atoms with van der Waals surface area (Å²) in [6.07, 6.45) is 3.01. The summed E-state index contributed by atoms with van der Waals surface area (Å²) < 4.78 is 1.87. The zero-order chi connectivity index (χ0) is 13.5. The van der Waals surface area contributed by atoms with Crippen molar-refractivity contribution in [3.8, 4) is 11.3 Å². The van der Waals surface area contributed by atoms with Crippen LogP contribution in [0.15, 0.2) is 36.5 Å². The summed E-state index contributed by atoms with van der Waals surface area (Å²) in [4.78, 5) is 0. The monoisotopic (exact) mass is 259 g/mol. The fourth-order valence-electron chi connectivity index (χ4n) is 2.15. The maximum atomic E-state index is 9.14. The Morgan fingerprint density at radius 3 is 2.74 bits per heavy atom. The normalized spacial score (nSPS) is 10.8. The molecule has 19 heavy (non-hydrogen) atoms. The Morgan fingerprint density at radius 2 is 2.05 bits per heavy atom. The number of nitrogens with zero attached hydrogens (tertiary/aromatic N) is 2. The van der Waals surface area contributed by atoms with E-state index < -0.39 is 0 Å². The highest BCUT2D eigenvalue weighted by Gasteiger charge is 2.11. The van der Waals surface area contributed by atoms with E-state index in [0.717, 1.165) is 30.8 Å². The molecule has 0 aliphatic rings. The standard InChI is InChI=1S/C15H21N3O/c1-2-8-16-11-14-12-17-18(9-10-19)15(14)13-6-4-3-5-7-13/h3-7,12,16,19H,2,8-11H2,1H3. The van der Waals surface area contributed by atoms with Gasteiger partial charge in [-0.25, -0.2) is 0 Å². The molecule has 0 aliphatic carbocycles. The highest BCUT2D eigenvalue weighted by Crippen LogP contribution is 2.23. The topological polar surface area (TPSA) is 50.1 Å². The van der Waals surface area contributed by atoms with Gasteiger partial charge in [0.15, 0.2) is 0 Å². The predicted molar refractivity (Wildman–Crippen MR) is 76.7 cm³/mol. The highest BCUT2D eigenvalue weighted by atomic mass is 16.3. The van der Waals surface area contributed by atoms with Crippen LogP contribution in [0.4, 0.5) is 0 Å². The van der Waals surface area contributed by atoms with Crippen LogP contribution >= 0.6 is 0 Å². The smallest absolute Gasteiger partial charge is 0.0728 e. The predicted octanol–water partition coefficient (Wildman–Crippen LogP) is 2.04. The Kier molecular flexibility index (Phi) is 5.12. The van der Waals surface area contributed by atoms with E-state index >= 15 is 0 Å². The Morgan fingerprint density at radius 1 is 1.26 bits per heavy atom. The average Bonchev–Trinajstić information content (AvgIpc) is 2.84. The van der Waals surface area contributed by atoms with E-state index in [-0.39, 0.29) is 6.61 Å². The Balaban J connectivity index is 2.28. The molecule has 0 saturated heterocycles. The average molecular weight is 259 g/mol. The van der Waals surface area contributed by atoms with Crippen LogP contribution in [0.2, 0.25) is 0 Å². The molecule has 0 bridgehead atoms. The van der Waals surface area contributed by atoms with Crippen molar-refractivity contribution in [2.45, 2.75) is 26.4 Å². The number of aromatic nitrogens is 2. The molecule has 2 rings (SSSR count). The summed E-state index contributed by atoms with van der Waals surface area (Å²) in [5.41, 5.74) is 3.41. The second-order valence-electron chi connectivity index (χ2n) is 4.51. The zero-order valence-corrected chi connectivity index (χ0v) is 11.3. The lowest BCUT2D eigenvalue weighted by Gasteiger charge is -2.09. The van der Waals surface area contributed by atoms with Crippen LogP contribution in [0.5, 0.6) is 0 Å². The first-order valence-corrected chi connectivity index (χ1v) is 6.78. The first-order chi connectivity index (χ1) is 9.36. The van der Waals surface area contributed by atoms with Gasteiger partial charge in [0.05, 0.1) is 25.0 Å². The zero-order valence-electron chi connectivity index (χ0n) is 11.3. The molecule has 0 atom stereocenters. The van der Waals surface area contributed by atoms with E-state index in [1.807, 2.05) is 29.1 Å². The minimum atomic E-state index is 0.101. The van der Waals surface area contributed by atoms with Gasteiger partial charge < -0.3 is 10.4 Å². The van der Waals surface area contributed by atoms with Crippen molar-refractivity contribution in [2.75, 3.05) is 13.2 Å². The van der Waals surface area contributed by atoms with Crippen molar-refractivity contribution >= 4 is 0 Å². The number of aliphatic hydroxyl groups excluding tert-OH is 1. The third-order valence-electron chi connectivity index (χ3n) is 3.02. The van der Waals surface area contributed by atoms with Gasteiger partial charge in [-0.15, -0.1) is 0 Å². The number of benzene rings is 1. The van der Waals surface area contributed by atoms with E-state index in [0.29, 0.717) is 6.54 Å². The molecule has 4 heteroatoms. The van der Waals surface area contributed by atoms with Gasteiger partial charge in [-0.05, 0) is 13.0 Å². The molecule has 1 aromatic carbocycles. The largest absolute Gasteiger partial charge is 0.394 e. The van der Waals surface area contributed by atoms with Gasteiger partial charge in [0.25, 0.3) is 0 Å². The summed E-state index contributed by atoms with van der Waals surface area (Å²) in [5.74, 6) is 0. The summed E-state index contributed by atoms with van der Waals surface area (Å²) in [5, 5.41) is 16.9. The van der Waals surface area contributed by atoms with Gasteiger partial charge >= 0.3 is 0 Å². The molecule has 0 amide bonds. The highest BCUT2D eigenvalue weighted by molar-refractivity contribution is 5.63. The van der Waals surface area contributed by atoms with E-state index in [2.05, 4.69) is 29.5 Å². The fourth-order valence-corrected chi connectivity index (χ4v) is 2.15. The summed E-state index contributed by atoms with van der Waals surface area (Å²) >= 11 is 0. The SMILES string of the molecule is CCCNCc1cnn(CCO)c1-c1ccccc1. The van der Waals surface area contributed by atoms with Crippen LogP contribution in [-0.2, 0) is 13.1 Å². The molecule has 0 fully saturated rings. The molecular weight excluding hydrogens is 238 g/mol. The lowest BCUT2D eigenvalue weighted by atomic mass is 10.1. The first kappa shape index (κ1) is 13.8. The van der Waals surface area contributed by atoms with Crippen LogP contribution in [0.1, 0.15) is 18.9 Å². The minimum absolute atomic E-state index is 0.101. The molecule has 2 aromatic rings. The molecule has 0 spiro atoms. The van der Waals surface area contributed by atoms with Crippen LogP contribution in [0, 0.1) is 0 Å². The Hall–Kier alpha value is -1.65. The summed E-state index contributed by atoms with van der Waals surface area (Å²) in [6.45, 7) is 4.59. The van der Waals surface area contributed by atoms with Crippen molar-refractivity contribution in [1.82, 2.24) is 15.1 Å². The van der Waals surface area contributed by atoms with E-state index in [4.69, 9.17) is 5.11 Å². The van der Waals surface area contributed by atoms with Gasteiger partial charge in [0.1, 0.15) is 0 Å². The number of hydrogen-bond donors (Lipinski definition) is 2. The van der Waals surface area contributed by atoms with Crippen molar-refractivity contribution in [1.29, 1.82) is 0 Å². The van der Waals surface area contributed by atoms with Crippen molar-refractivity contribution < 1.29 is 5.11 Å². The molecule has 0 aliphatic heterocycles. The molecule has 0 radical (unpaired) electrons. The molecule has 2 N–H and O–H groups in total. The van der Waals surface area contributed by atoms with E-state index in [1.54, 1.807) is 0 Å². The minimum Gasteiger partial charge on any atom is -0.394 e. The molecular formula is C15H21N3O. The van der Waals surface area contributed by atoms with Crippen molar-refractivity contribution in [3.05, 3.63) is 42.1 Å². The molecule has 1 heterocycles. The maximum Gasteiger partial charge on any atom is 0.0728 e. The van der Waals surface area contributed by atoms with Crippen LogP contribution in [-0.4, -0.2) is 28.0 Å². The molecule has 0 saturated carbocycles. The number of hydrogen-bond acceptors (Lipinski definition) is 3. The third-order valence-corrected chi connectivity index (χ3v) is 3.02. The fraction of sp³-hybridized carbons (Fsp3) is 0.400. The lowest BCUT2D eigenvalue weighted by molar-refractivity contribution is 0.270. The van der Waals surface area contributed by atoms with Gasteiger partial charge in [0.2, 0.25) is 0 Å². The summed E-state index contributed by atoms with van der Waals surface area (Å²) in [7, 11) is 0. The van der Waals surface area contributed by atoms with Crippen LogP contribution in [0.3, 0.4) is 0 Å². The summed E-state index contributed by atoms with van der Waals surface area (Å²) in [6, 6.07) is 10.2. The quantitative estimate of drug-likeness (QED) is 0.748. The van der Waals surface area contributed by atoms with Crippen LogP contribution < -0.4 is 5.32 Å². The van der Waals surface area contributed by atoms with Crippen LogP contribution in [0.25, 0.3) is 11.3 Å². The number of aliphatic hydroxyl groups is 1. The number of rotatable bonds is 7. The van der Waals surface area contributed by atoms with Gasteiger partial charge in [0, 0.05) is 17.7 Å². The van der Waals surface area contributed by atoms with Gasteiger partial charge in [-0.2, -0.15) is 5.10 Å². The second kappa shape index (κ2) is 7.07. The Bertz CT molecular complexity index is 493. The molecule has 4 nitrogen and oxygen atoms in total. The third kappa shape index (κ3) is 3.43. The van der Waals surface area contributed by atoms with E-state index in [9.17, 15) is 0 Å². The maximum absolute atomic E-state index is 9.14.